The minimum Gasteiger partial charge on any atom is -0.298 e. The predicted octanol–water partition coefficient (Wildman–Crippen LogP) is 2.31. The summed E-state index contributed by atoms with van der Waals surface area (Å²) in [6.45, 7) is 0. The first-order valence-electron chi connectivity index (χ1n) is 4.12. The van der Waals surface area contributed by atoms with Crippen LogP contribution in [-0.4, -0.2) is 12.0 Å². The van der Waals surface area contributed by atoms with E-state index >= 15 is 0 Å². The summed E-state index contributed by atoms with van der Waals surface area (Å²) in [7, 11) is 0. The molecule has 0 heterocycles. The highest BCUT2D eigenvalue weighted by Gasteiger charge is 1.97. The van der Waals surface area contributed by atoms with Crippen molar-refractivity contribution in [1.29, 1.82) is 0 Å². The second kappa shape index (κ2) is 5.46. The Balaban J connectivity index is 2.93. The molecule has 1 aromatic carbocycles. The van der Waals surface area contributed by atoms with Gasteiger partial charge >= 0.3 is 0 Å². The number of benzene rings is 1. The molecule has 72 valence electrons. The Morgan fingerprint density at radius 3 is 2.86 bits per heavy atom. The second-order valence-corrected chi connectivity index (χ2v) is 3.11. The van der Waals surface area contributed by atoms with Gasteiger partial charge < -0.3 is 0 Å². The molecule has 0 saturated heterocycles. The third kappa shape index (κ3) is 3.23. The summed E-state index contributed by atoms with van der Waals surface area (Å²) in [6, 6.07) is 4.04. The average Bonchev–Trinajstić information content (AvgIpc) is 2.17. The lowest BCUT2D eigenvalue weighted by Crippen LogP contribution is -1.85. The van der Waals surface area contributed by atoms with Gasteiger partial charge in [-0.3, -0.25) is 4.79 Å². The van der Waals surface area contributed by atoms with E-state index in [0.29, 0.717) is 29.6 Å². The summed E-state index contributed by atoms with van der Waals surface area (Å²) in [6.07, 6.45) is 1.25. The van der Waals surface area contributed by atoms with Gasteiger partial charge in [0, 0.05) is 23.3 Å². The molecule has 1 rings (SSSR count). The van der Waals surface area contributed by atoms with Gasteiger partial charge in [-0.1, -0.05) is 11.8 Å². The zero-order chi connectivity index (χ0) is 10.4. The predicted molar refractivity (Wildman–Crippen MR) is 57.1 cm³/mol. The summed E-state index contributed by atoms with van der Waals surface area (Å²) in [5.74, 6) is 5.81. The SMILES string of the molecule is O=Cc1cc(F)cc(C#CCCS)c1. The van der Waals surface area contributed by atoms with E-state index in [9.17, 15) is 9.18 Å². The molecule has 0 spiro atoms. The van der Waals surface area contributed by atoms with E-state index in [1.807, 2.05) is 0 Å². The Morgan fingerprint density at radius 1 is 1.43 bits per heavy atom. The van der Waals surface area contributed by atoms with Crippen LogP contribution >= 0.6 is 12.6 Å². The maximum atomic E-state index is 12.9. The van der Waals surface area contributed by atoms with Crippen LogP contribution in [0.15, 0.2) is 18.2 Å². The molecule has 0 aliphatic carbocycles. The van der Waals surface area contributed by atoms with Gasteiger partial charge in [-0.05, 0) is 18.2 Å². The van der Waals surface area contributed by atoms with Crippen LogP contribution in [0.1, 0.15) is 22.3 Å². The zero-order valence-electron chi connectivity index (χ0n) is 7.46. The minimum atomic E-state index is -0.440. The molecule has 0 unspecified atom stereocenters. The molecule has 0 saturated carbocycles. The highest BCUT2D eigenvalue weighted by atomic mass is 32.1. The van der Waals surface area contributed by atoms with E-state index in [0.717, 1.165) is 0 Å². The number of halogens is 1. The standard InChI is InChI=1S/C11H9FOS/c12-11-6-9(3-1-2-4-14)5-10(7-11)8-13/h5-8,14H,2,4H2. The number of aldehydes is 1. The van der Waals surface area contributed by atoms with Gasteiger partial charge in [-0.2, -0.15) is 12.6 Å². The largest absolute Gasteiger partial charge is 0.298 e. The third-order valence-corrected chi connectivity index (χ3v) is 1.75. The average molecular weight is 208 g/mol. The molecular weight excluding hydrogens is 199 g/mol. The summed E-state index contributed by atoms with van der Waals surface area (Å²) in [5, 5.41) is 0. The Morgan fingerprint density at radius 2 is 2.21 bits per heavy atom. The van der Waals surface area contributed by atoms with E-state index in [4.69, 9.17) is 0 Å². The lowest BCUT2D eigenvalue weighted by Gasteiger charge is -1.93. The summed E-state index contributed by atoms with van der Waals surface area (Å²) in [5.41, 5.74) is 0.828. The topological polar surface area (TPSA) is 17.1 Å². The van der Waals surface area contributed by atoms with Crippen LogP contribution in [0, 0.1) is 17.7 Å². The van der Waals surface area contributed by atoms with Crippen LogP contribution in [0.25, 0.3) is 0 Å². The molecule has 0 atom stereocenters. The molecule has 1 nitrogen and oxygen atoms in total. The molecule has 0 aromatic heterocycles. The Labute approximate surface area is 87.7 Å². The summed E-state index contributed by atoms with van der Waals surface area (Å²) < 4.78 is 12.9. The highest BCUT2D eigenvalue weighted by Crippen LogP contribution is 2.06. The first kappa shape index (κ1) is 10.8. The second-order valence-electron chi connectivity index (χ2n) is 2.67. The van der Waals surface area contributed by atoms with Gasteiger partial charge in [0.1, 0.15) is 12.1 Å². The number of rotatable bonds is 2. The number of carbonyl (C=O) groups is 1. The number of hydrogen-bond acceptors (Lipinski definition) is 2. The van der Waals surface area contributed by atoms with E-state index in [1.54, 1.807) is 6.07 Å². The fourth-order valence-electron chi connectivity index (χ4n) is 0.973. The number of hydrogen-bond donors (Lipinski definition) is 1. The molecule has 0 radical (unpaired) electrons. The highest BCUT2D eigenvalue weighted by molar-refractivity contribution is 7.80. The molecule has 1 aromatic rings. The summed E-state index contributed by atoms with van der Waals surface area (Å²) in [4.78, 5) is 10.4. The zero-order valence-corrected chi connectivity index (χ0v) is 8.35. The summed E-state index contributed by atoms with van der Waals surface area (Å²) >= 11 is 3.99. The molecular formula is C11H9FOS. The molecule has 0 bridgehead atoms. The van der Waals surface area contributed by atoms with E-state index in [1.165, 1.54) is 12.1 Å². The first-order valence-corrected chi connectivity index (χ1v) is 4.75. The van der Waals surface area contributed by atoms with Crippen molar-refractivity contribution in [2.24, 2.45) is 0 Å². The fraction of sp³-hybridized carbons (Fsp3) is 0.182. The first-order chi connectivity index (χ1) is 6.76. The normalized spacial score (nSPS) is 9.00. The van der Waals surface area contributed by atoms with Gasteiger partial charge in [0.15, 0.2) is 0 Å². The van der Waals surface area contributed by atoms with Crippen molar-refractivity contribution in [3.05, 3.63) is 35.1 Å². The monoisotopic (exact) mass is 208 g/mol. The quantitative estimate of drug-likeness (QED) is 0.448. The van der Waals surface area contributed by atoms with E-state index in [-0.39, 0.29) is 0 Å². The van der Waals surface area contributed by atoms with Crippen molar-refractivity contribution in [2.75, 3.05) is 5.75 Å². The van der Waals surface area contributed by atoms with Crippen LogP contribution in [-0.2, 0) is 0 Å². The van der Waals surface area contributed by atoms with Crippen molar-refractivity contribution in [3.63, 3.8) is 0 Å². The van der Waals surface area contributed by atoms with Crippen LogP contribution < -0.4 is 0 Å². The van der Waals surface area contributed by atoms with E-state index < -0.39 is 5.82 Å². The third-order valence-electron chi connectivity index (χ3n) is 1.53. The van der Waals surface area contributed by atoms with Crippen LogP contribution in [0.2, 0.25) is 0 Å². The fourth-order valence-corrected chi connectivity index (χ4v) is 1.08. The van der Waals surface area contributed by atoms with Gasteiger partial charge in [0.05, 0.1) is 0 Å². The van der Waals surface area contributed by atoms with Gasteiger partial charge in [0.25, 0.3) is 0 Å². The van der Waals surface area contributed by atoms with Crippen molar-refractivity contribution >= 4 is 18.9 Å². The van der Waals surface area contributed by atoms with Gasteiger partial charge in [0.2, 0.25) is 0 Å². The molecule has 0 amide bonds. The van der Waals surface area contributed by atoms with Crippen molar-refractivity contribution in [1.82, 2.24) is 0 Å². The number of thiol groups is 1. The Kier molecular flexibility index (Phi) is 4.21. The van der Waals surface area contributed by atoms with Gasteiger partial charge in [-0.25, -0.2) is 4.39 Å². The maximum absolute atomic E-state index is 12.9. The van der Waals surface area contributed by atoms with Crippen molar-refractivity contribution in [2.45, 2.75) is 6.42 Å². The lowest BCUT2D eigenvalue weighted by molar-refractivity contribution is 0.112. The lowest BCUT2D eigenvalue weighted by atomic mass is 10.1. The molecule has 3 heteroatoms. The van der Waals surface area contributed by atoms with Crippen LogP contribution in [0.3, 0.4) is 0 Å². The van der Waals surface area contributed by atoms with Crippen LogP contribution in [0.4, 0.5) is 4.39 Å². The molecule has 0 N–H and O–H groups in total. The maximum Gasteiger partial charge on any atom is 0.150 e. The molecule has 0 aliphatic heterocycles. The number of carbonyl (C=O) groups excluding carboxylic acids is 1. The van der Waals surface area contributed by atoms with Gasteiger partial charge in [-0.15, -0.1) is 0 Å². The van der Waals surface area contributed by atoms with E-state index in [2.05, 4.69) is 24.5 Å². The minimum absolute atomic E-state index is 0.306. The smallest absolute Gasteiger partial charge is 0.150 e. The molecule has 0 fully saturated rings. The van der Waals surface area contributed by atoms with Crippen LogP contribution in [0.5, 0.6) is 0 Å². The van der Waals surface area contributed by atoms with Crippen molar-refractivity contribution < 1.29 is 9.18 Å². The van der Waals surface area contributed by atoms with Crippen molar-refractivity contribution in [3.8, 4) is 11.8 Å². The Bertz CT molecular complexity index is 390. The Hall–Kier alpha value is -1.27. The molecule has 14 heavy (non-hydrogen) atoms. The molecule has 0 aliphatic rings.